The second-order valence-corrected chi connectivity index (χ2v) is 26.0. The fourth-order valence-corrected chi connectivity index (χ4v) is 13.2. The van der Waals surface area contributed by atoms with Crippen molar-refractivity contribution < 1.29 is 32.7 Å². The van der Waals surface area contributed by atoms with Crippen molar-refractivity contribution in [3.63, 3.8) is 0 Å². The Labute approximate surface area is 495 Å². The summed E-state index contributed by atoms with van der Waals surface area (Å²) in [6.07, 6.45) is 24.3. The molecule has 2 N–H and O–H groups in total. The van der Waals surface area contributed by atoms with Gasteiger partial charge in [0.2, 0.25) is 5.91 Å². The Balaban J connectivity index is 0.000000202. The largest absolute Gasteiger partial charge is 0.444 e. The summed E-state index contributed by atoms with van der Waals surface area (Å²) < 4.78 is 38.2. The highest BCUT2D eigenvalue weighted by atomic mass is 19.1. The monoisotopic (exact) mass is 1150 g/mol. The van der Waals surface area contributed by atoms with Gasteiger partial charge in [0, 0.05) is 93.8 Å². The molecular weight excluding hydrogens is 1060 g/mol. The molecule has 2 aliphatic heterocycles. The molecular formula is C67H90F2N10O5. The van der Waals surface area contributed by atoms with E-state index in [1.54, 1.807) is 43.0 Å². The van der Waals surface area contributed by atoms with Crippen molar-refractivity contribution in [3.05, 3.63) is 120 Å². The van der Waals surface area contributed by atoms with Crippen molar-refractivity contribution in [1.82, 2.24) is 49.3 Å². The Morgan fingerprint density at radius 1 is 0.595 bits per heavy atom. The molecule has 2 saturated carbocycles. The Morgan fingerprint density at radius 2 is 0.988 bits per heavy atom. The normalized spacial score (nSPS) is 20.4. The molecule has 6 aromatic rings. The highest BCUT2D eigenvalue weighted by Gasteiger charge is 2.32. The van der Waals surface area contributed by atoms with E-state index in [0.717, 1.165) is 125 Å². The molecule has 2 saturated heterocycles. The van der Waals surface area contributed by atoms with Gasteiger partial charge in [-0.1, -0.05) is 0 Å². The molecule has 0 spiro atoms. The van der Waals surface area contributed by atoms with Crippen LogP contribution in [-0.4, -0.2) is 146 Å². The molecule has 0 radical (unpaired) electrons. The minimum atomic E-state index is -0.480. The van der Waals surface area contributed by atoms with E-state index in [2.05, 4.69) is 54.9 Å². The first-order valence-corrected chi connectivity index (χ1v) is 30.9. The maximum absolute atomic E-state index is 14.4. The highest BCUT2D eigenvalue weighted by Crippen LogP contribution is 2.39. The van der Waals surface area contributed by atoms with Gasteiger partial charge in [0.05, 0.1) is 45.9 Å². The van der Waals surface area contributed by atoms with Gasteiger partial charge in [0.25, 0.3) is 11.8 Å². The average Bonchev–Trinajstić information content (AvgIpc) is 2.50. The summed E-state index contributed by atoms with van der Waals surface area (Å²) in [7, 11) is 3.51. The van der Waals surface area contributed by atoms with Gasteiger partial charge in [-0.25, -0.2) is 13.6 Å². The van der Waals surface area contributed by atoms with Crippen LogP contribution in [0.25, 0.3) is 33.2 Å². The fraction of sp³-hybridized carbons (Fsp3) is 0.552. The van der Waals surface area contributed by atoms with Gasteiger partial charge in [0.1, 0.15) is 17.2 Å². The summed E-state index contributed by atoms with van der Waals surface area (Å²) in [5, 5.41) is 8.41. The highest BCUT2D eigenvalue weighted by molar-refractivity contribution is 6.00. The molecule has 0 unspecified atom stereocenters. The third-order valence-corrected chi connectivity index (χ3v) is 18.3. The molecule has 10 rings (SSSR count). The number of carbonyl (C=O) groups is 4. The number of piperidine rings is 2. The van der Waals surface area contributed by atoms with Gasteiger partial charge in [-0.2, -0.15) is 0 Å². The van der Waals surface area contributed by atoms with Crippen LogP contribution in [0.15, 0.2) is 85.7 Å². The number of likely N-dealkylation sites (tertiary alicyclic amines) is 2. The number of nitrogens with one attached hydrogen (secondary N) is 2. The first-order valence-electron chi connectivity index (χ1n) is 30.9. The Bertz CT molecular complexity index is 3240. The molecule has 4 aliphatic rings. The first kappa shape index (κ1) is 61.8. The number of halogens is 2. The van der Waals surface area contributed by atoms with E-state index in [9.17, 15) is 28.0 Å². The van der Waals surface area contributed by atoms with Gasteiger partial charge in [-0.3, -0.25) is 24.4 Å². The van der Waals surface area contributed by atoms with E-state index in [0.29, 0.717) is 52.2 Å². The lowest BCUT2D eigenvalue weighted by atomic mass is 9.84. The molecule has 2 aromatic carbocycles. The molecule has 0 bridgehead atoms. The van der Waals surface area contributed by atoms with Crippen molar-refractivity contribution in [2.75, 3.05) is 53.4 Å². The number of carbonyl (C=O) groups excluding carboxylic acids is 4. The Morgan fingerprint density at radius 3 is 1.36 bits per heavy atom. The van der Waals surface area contributed by atoms with Crippen molar-refractivity contribution in [2.24, 2.45) is 11.8 Å². The predicted molar refractivity (Wildman–Crippen MR) is 328 cm³/mol. The average molecular weight is 1150 g/mol. The zero-order chi connectivity index (χ0) is 60.0. The molecule has 4 fully saturated rings. The van der Waals surface area contributed by atoms with Crippen LogP contribution in [0.1, 0.15) is 176 Å². The summed E-state index contributed by atoms with van der Waals surface area (Å²) >= 11 is 0. The summed E-state index contributed by atoms with van der Waals surface area (Å²) in [5.74, 6) is 0.982. The van der Waals surface area contributed by atoms with Crippen LogP contribution >= 0.6 is 0 Å². The van der Waals surface area contributed by atoms with Crippen molar-refractivity contribution in [2.45, 2.75) is 174 Å². The lowest BCUT2D eigenvalue weighted by molar-refractivity contribution is -0.119. The zero-order valence-electron chi connectivity index (χ0n) is 51.3. The molecule has 15 nitrogen and oxygen atoms in total. The topological polar surface area (TPSA) is 150 Å². The van der Waals surface area contributed by atoms with Crippen molar-refractivity contribution >= 4 is 45.6 Å². The number of hydrogen-bond acceptors (Lipinski definition) is 9. The fourth-order valence-electron chi connectivity index (χ4n) is 13.2. The van der Waals surface area contributed by atoms with Crippen molar-refractivity contribution in [3.8, 4) is 11.4 Å². The first-order chi connectivity index (χ1) is 40.1. The second kappa shape index (κ2) is 27.1. The number of fused-ring (bicyclic) bond motifs is 2. The minimum Gasteiger partial charge on any atom is -0.444 e. The Kier molecular flexibility index (Phi) is 20.0. The number of amides is 4. The number of hydrogen-bond donors (Lipinski definition) is 2. The van der Waals surface area contributed by atoms with Crippen LogP contribution in [0.3, 0.4) is 0 Å². The molecule has 4 amide bonds. The maximum Gasteiger partial charge on any atom is 0.407 e. The van der Waals surface area contributed by atoms with Gasteiger partial charge in [0.15, 0.2) is 0 Å². The molecule has 4 aromatic heterocycles. The van der Waals surface area contributed by atoms with Gasteiger partial charge in [-0.15, -0.1) is 0 Å². The van der Waals surface area contributed by atoms with Crippen LogP contribution in [0, 0.1) is 23.5 Å². The quantitative estimate of drug-likeness (QED) is 0.109. The van der Waals surface area contributed by atoms with Gasteiger partial charge < -0.3 is 44.1 Å². The summed E-state index contributed by atoms with van der Waals surface area (Å²) in [6.45, 7) is 21.5. The molecule has 2 aliphatic carbocycles. The standard InChI is InChI=1S/C35H48FN5O3.C32H42FN5O2/c1-23(2)39(6)33(42)29-19-26(36)9-12-31(29)41-22-30(28-13-16-37-20-32(28)41)25-14-17-40(18-15-25)21-24-7-10-27(11-8-24)38-34(43)44-35(3,4)5;1-21(2)36(4)32(40)28-17-25(33)7-10-30(28)38-20-29(27-11-14-34-18-31(27)38)24-12-15-37(16-13-24)19-23-5-8-26(9-6-23)35-22(3)39/h9,12-13,16,19-20,22-25,27H,7-8,10-11,14-15,17-18,21H2,1-6H3,(H,38,43);7,10-11,14,17-18,20-21,23-24,26H,5-6,8-9,12-13,15-16,19H2,1-4H3,(H,35,39). The van der Waals surface area contributed by atoms with Crippen LogP contribution in [0.4, 0.5) is 13.6 Å². The lowest BCUT2D eigenvalue weighted by Crippen LogP contribution is -2.43. The molecule has 452 valence electrons. The van der Waals surface area contributed by atoms with E-state index in [1.807, 2.05) is 82.4 Å². The number of alkyl carbamates (subject to hydrolysis) is 1. The molecule has 84 heavy (non-hydrogen) atoms. The number of aromatic nitrogens is 4. The number of pyridine rings is 2. The maximum atomic E-state index is 14.4. The van der Waals surface area contributed by atoms with Gasteiger partial charge in [-0.05, 0) is 235 Å². The smallest absolute Gasteiger partial charge is 0.407 e. The Hall–Kier alpha value is -6.72. The van der Waals surface area contributed by atoms with E-state index in [1.165, 1.54) is 48.2 Å². The third-order valence-electron chi connectivity index (χ3n) is 18.3. The SMILES string of the molecule is CC(=O)NC1CCC(CN2CCC(c3cn(-c4ccc(F)cc4C(=O)N(C)C(C)C)c4cnccc34)CC2)CC1.CC(C)N(C)C(=O)c1cc(F)ccc1-n1cc(C2CCN(CC3CCC(NC(=O)OC(C)(C)C)CC3)CC2)c2ccncc21. The van der Waals surface area contributed by atoms with Gasteiger partial charge >= 0.3 is 6.09 Å². The van der Waals surface area contributed by atoms with E-state index in [-0.39, 0.29) is 41.9 Å². The number of rotatable bonds is 14. The second-order valence-electron chi connectivity index (χ2n) is 26.0. The third kappa shape index (κ3) is 15.0. The molecule has 0 atom stereocenters. The minimum absolute atomic E-state index is 0.000294. The van der Waals surface area contributed by atoms with Crippen LogP contribution in [0.2, 0.25) is 0 Å². The number of benzene rings is 2. The van der Waals surface area contributed by atoms with Crippen LogP contribution < -0.4 is 10.6 Å². The summed E-state index contributed by atoms with van der Waals surface area (Å²) in [4.78, 5) is 67.6. The molecule has 6 heterocycles. The lowest BCUT2D eigenvalue weighted by Gasteiger charge is -2.37. The zero-order valence-corrected chi connectivity index (χ0v) is 51.3. The van der Waals surface area contributed by atoms with Crippen LogP contribution in [-0.2, 0) is 9.53 Å². The van der Waals surface area contributed by atoms with E-state index < -0.39 is 17.2 Å². The summed E-state index contributed by atoms with van der Waals surface area (Å²) in [5.41, 5.74) is 5.96. The van der Waals surface area contributed by atoms with Crippen molar-refractivity contribution in [1.29, 1.82) is 0 Å². The van der Waals surface area contributed by atoms with E-state index >= 15 is 0 Å². The van der Waals surface area contributed by atoms with E-state index in [4.69, 9.17) is 4.74 Å². The number of ether oxygens (including phenoxy) is 1. The molecule has 17 heteroatoms. The predicted octanol–water partition coefficient (Wildman–Crippen LogP) is 12.4. The summed E-state index contributed by atoms with van der Waals surface area (Å²) in [6, 6.07) is 13.6. The van der Waals surface area contributed by atoms with Crippen LogP contribution in [0.5, 0.6) is 0 Å². The number of nitrogens with zero attached hydrogens (tertiary/aromatic N) is 8.